The molecule has 0 bridgehead atoms. The summed E-state index contributed by atoms with van der Waals surface area (Å²) in [6.07, 6.45) is 2.06. The molecule has 1 unspecified atom stereocenters. The maximum absolute atomic E-state index is 10.2. The molecule has 3 nitrogen and oxygen atoms in total. The first kappa shape index (κ1) is 15.1. The van der Waals surface area contributed by atoms with Crippen molar-refractivity contribution in [1.82, 2.24) is 0 Å². The summed E-state index contributed by atoms with van der Waals surface area (Å²) < 4.78 is 10.0. The Morgan fingerprint density at radius 3 is 2.42 bits per heavy atom. The molecule has 0 aliphatic carbocycles. The molecule has 0 saturated heterocycles. The van der Waals surface area contributed by atoms with Gasteiger partial charge in [-0.05, 0) is 13.3 Å². The first-order chi connectivity index (χ1) is 5.35. The quantitative estimate of drug-likeness (QED) is 0.253. The SMILES string of the molecule is CCCCOC(C=O)OCC.[NaH]. The molecule has 0 aromatic carbocycles. The van der Waals surface area contributed by atoms with Crippen molar-refractivity contribution < 1.29 is 14.3 Å². The van der Waals surface area contributed by atoms with Gasteiger partial charge in [-0.2, -0.15) is 0 Å². The molecule has 12 heavy (non-hydrogen) atoms. The second-order valence-electron chi connectivity index (χ2n) is 2.18. The van der Waals surface area contributed by atoms with E-state index in [4.69, 9.17) is 9.47 Å². The van der Waals surface area contributed by atoms with Crippen molar-refractivity contribution in [2.45, 2.75) is 33.0 Å². The van der Waals surface area contributed by atoms with E-state index in [2.05, 4.69) is 6.92 Å². The van der Waals surface area contributed by atoms with Crippen LogP contribution in [0, 0.1) is 0 Å². The molecule has 0 saturated carbocycles. The van der Waals surface area contributed by atoms with Crippen LogP contribution in [0.4, 0.5) is 0 Å². The van der Waals surface area contributed by atoms with Crippen LogP contribution in [0.3, 0.4) is 0 Å². The van der Waals surface area contributed by atoms with Crippen molar-refractivity contribution >= 4 is 35.8 Å². The molecule has 0 rings (SSSR count). The van der Waals surface area contributed by atoms with E-state index >= 15 is 0 Å². The summed E-state index contributed by atoms with van der Waals surface area (Å²) in [5.41, 5.74) is 0. The monoisotopic (exact) mass is 184 g/mol. The van der Waals surface area contributed by atoms with Gasteiger partial charge in [-0.15, -0.1) is 0 Å². The number of hydrogen-bond acceptors (Lipinski definition) is 3. The van der Waals surface area contributed by atoms with Crippen molar-refractivity contribution in [3.8, 4) is 0 Å². The van der Waals surface area contributed by atoms with Gasteiger partial charge in [0.1, 0.15) is 0 Å². The van der Waals surface area contributed by atoms with Gasteiger partial charge >= 0.3 is 29.6 Å². The van der Waals surface area contributed by atoms with Gasteiger partial charge in [0.15, 0.2) is 6.29 Å². The fourth-order valence-corrected chi connectivity index (χ4v) is 0.635. The molecule has 0 amide bonds. The van der Waals surface area contributed by atoms with E-state index in [-0.39, 0.29) is 29.6 Å². The molecule has 0 fully saturated rings. The van der Waals surface area contributed by atoms with Crippen LogP contribution in [-0.4, -0.2) is 55.3 Å². The fourth-order valence-electron chi connectivity index (χ4n) is 0.635. The Morgan fingerprint density at radius 1 is 1.33 bits per heavy atom. The normalized spacial score (nSPS) is 11.8. The molecular formula is C8H17NaO3. The molecule has 0 heterocycles. The minimum atomic E-state index is -0.661. The van der Waals surface area contributed by atoms with Gasteiger partial charge in [-0.25, -0.2) is 0 Å². The Kier molecular flexibility index (Phi) is 14.6. The van der Waals surface area contributed by atoms with Crippen LogP contribution in [0.5, 0.6) is 0 Å². The molecule has 4 heteroatoms. The van der Waals surface area contributed by atoms with Gasteiger partial charge < -0.3 is 9.47 Å². The molecule has 0 spiro atoms. The molecule has 0 aliphatic rings. The summed E-state index contributed by atoms with van der Waals surface area (Å²) in [5, 5.41) is 0. The van der Waals surface area contributed by atoms with Gasteiger partial charge in [0.2, 0.25) is 6.29 Å². The van der Waals surface area contributed by atoms with Crippen LogP contribution in [0.1, 0.15) is 26.7 Å². The predicted molar refractivity (Wildman–Crippen MR) is 49.5 cm³/mol. The van der Waals surface area contributed by atoms with Gasteiger partial charge in [0, 0.05) is 6.61 Å². The average molecular weight is 184 g/mol. The van der Waals surface area contributed by atoms with E-state index < -0.39 is 6.29 Å². The fraction of sp³-hybridized carbons (Fsp3) is 0.875. The van der Waals surface area contributed by atoms with Crippen LogP contribution in [0.2, 0.25) is 0 Å². The zero-order valence-electron chi connectivity index (χ0n) is 7.21. The second-order valence-corrected chi connectivity index (χ2v) is 2.18. The van der Waals surface area contributed by atoms with Gasteiger partial charge in [0.25, 0.3) is 0 Å². The maximum atomic E-state index is 10.2. The molecule has 0 radical (unpaired) electrons. The first-order valence-electron chi connectivity index (χ1n) is 4.03. The second kappa shape index (κ2) is 11.6. The number of hydrogen-bond donors (Lipinski definition) is 0. The third-order valence-corrected chi connectivity index (χ3v) is 1.22. The summed E-state index contributed by atoms with van der Waals surface area (Å²) >= 11 is 0. The summed E-state index contributed by atoms with van der Waals surface area (Å²) in [6.45, 7) is 5.01. The van der Waals surface area contributed by atoms with Crippen LogP contribution in [0.15, 0.2) is 0 Å². The Balaban J connectivity index is 0. The molecule has 0 aromatic rings. The van der Waals surface area contributed by atoms with Crippen molar-refractivity contribution in [3.63, 3.8) is 0 Å². The van der Waals surface area contributed by atoms with Gasteiger partial charge in [-0.1, -0.05) is 13.3 Å². The molecule has 0 aromatic heterocycles. The Hall–Kier alpha value is 0.590. The number of carbonyl (C=O) groups excluding carboxylic acids is 1. The average Bonchev–Trinajstić information content (AvgIpc) is 2.03. The molecule has 0 aliphatic heterocycles. The van der Waals surface area contributed by atoms with Crippen molar-refractivity contribution in [3.05, 3.63) is 0 Å². The van der Waals surface area contributed by atoms with Gasteiger partial charge in [-0.3, -0.25) is 4.79 Å². The molecular weight excluding hydrogens is 167 g/mol. The first-order valence-corrected chi connectivity index (χ1v) is 4.03. The van der Waals surface area contributed by atoms with Crippen molar-refractivity contribution in [2.24, 2.45) is 0 Å². The van der Waals surface area contributed by atoms with Crippen LogP contribution >= 0.6 is 0 Å². The van der Waals surface area contributed by atoms with Gasteiger partial charge in [0.05, 0.1) is 6.61 Å². The van der Waals surface area contributed by atoms with Crippen LogP contribution in [-0.2, 0) is 14.3 Å². The number of carbonyl (C=O) groups is 1. The minimum absolute atomic E-state index is 0. The summed E-state index contributed by atoms with van der Waals surface area (Å²) in [4.78, 5) is 10.2. The third-order valence-electron chi connectivity index (χ3n) is 1.22. The Bertz CT molecular complexity index is 98.3. The summed E-state index contributed by atoms with van der Waals surface area (Å²) in [6, 6.07) is 0. The van der Waals surface area contributed by atoms with Crippen LogP contribution < -0.4 is 0 Å². The zero-order valence-corrected chi connectivity index (χ0v) is 7.21. The van der Waals surface area contributed by atoms with Crippen molar-refractivity contribution in [2.75, 3.05) is 13.2 Å². The van der Waals surface area contributed by atoms with Crippen molar-refractivity contribution in [1.29, 1.82) is 0 Å². The van der Waals surface area contributed by atoms with E-state index in [1.54, 1.807) is 0 Å². The Labute approximate surface area is 96.1 Å². The number of rotatable bonds is 7. The number of ether oxygens (including phenoxy) is 2. The van der Waals surface area contributed by atoms with E-state index in [1.807, 2.05) is 6.92 Å². The summed E-state index contributed by atoms with van der Waals surface area (Å²) in [7, 11) is 0. The van der Waals surface area contributed by atoms with E-state index in [0.717, 1.165) is 12.8 Å². The predicted octanol–water partition coefficient (Wildman–Crippen LogP) is 0.716. The van der Waals surface area contributed by atoms with Crippen LogP contribution in [0.25, 0.3) is 0 Å². The van der Waals surface area contributed by atoms with E-state index in [1.165, 1.54) is 0 Å². The van der Waals surface area contributed by atoms with E-state index in [9.17, 15) is 4.79 Å². The standard InChI is InChI=1S/C8H16O3.Na.H/c1-3-5-6-11-8(7-9)10-4-2;;/h7-8H,3-6H2,1-2H3;;. The topological polar surface area (TPSA) is 35.5 Å². The number of aldehydes is 1. The summed E-state index contributed by atoms with van der Waals surface area (Å²) in [5.74, 6) is 0. The number of unbranched alkanes of at least 4 members (excludes halogenated alkanes) is 1. The zero-order chi connectivity index (χ0) is 8.53. The van der Waals surface area contributed by atoms with E-state index in [0.29, 0.717) is 19.5 Å². The molecule has 0 N–H and O–H groups in total. The molecule has 1 atom stereocenters. The Morgan fingerprint density at radius 2 is 2.00 bits per heavy atom. The third kappa shape index (κ3) is 8.68. The molecule has 68 valence electrons.